The number of likely N-dealkylation sites (tertiary alicyclic amines) is 1. The molecule has 4 rings (SSSR count). The normalized spacial score (nSPS) is 19.2. The van der Waals surface area contributed by atoms with Crippen LogP contribution in [0.5, 0.6) is 5.75 Å². The number of methoxy groups -OCH3 is 1. The highest BCUT2D eigenvalue weighted by Crippen LogP contribution is 2.24. The van der Waals surface area contributed by atoms with Crippen LogP contribution >= 0.6 is 0 Å². The molecule has 0 aliphatic carbocycles. The number of aryl methyl sites for hydroxylation is 1. The molecule has 0 unspecified atom stereocenters. The molecule has 1 atom stereocenters. The molecule has 1 amide bonds. The largest absolute Gasteiger partial charge is 0.497 e. The summed E-state index contributed by atoms with van der Waals surface area (Å²) in [7, 11) is 1.68. The molecule has 2 aliphatic heterocycles. The van der Waals surface area contributed by atoms with E-state index >= 15 is 0 Å². The van der Waals surface area contributed by atoms with E-state index in [-0.39, 0.29) is 12.0 Å². The summed E-state index contributed by atoms with van der Waals surface area (Å²) in [5.74, 6) is 3.27. The van der Waals surface area contributed by atoms with Gasteiger partial charge < -0.3 is 19.7 Å². The number of rotatable bonds is 8. The van der Waals surface area contributed by atoms with E-state index in [1.165, 1.54) is 0 Å². The topological polar surface area (TPSA) is 76.6 Å². The first-order valence-corrected chi connectivity index (χ1v) is 11.7. The second kappa shape index (κ2) is 10.8. The van der Waals surface area contributed by atoms with Crippen LogP contribution in [0, 0.1) is 12.8 Å². The van der Waals surface area contributed by atoms with Crippen molar-refractivity contribution in [2.75, 3.05) is 32.1 Å². The molecule has 1 aromatic carbocycles. The lowest BCUT2D eigenvalue weighted by atomic mass is 9.91. The Labute approximate surface area is 190 Å². The fourth-order valence-electron chi connectivity index (χ4n) is 4.61. The third-order valence-corrected chi connectivity index (χ3v) is 6.39. The van der Waals surface area contributed by atoms with E-state index in [0.29, 0.717) is 18.9 Å². The Morgan fingerprint density at radius 1 is 1.22 bits per heavy atom. The second-order valence-electron chi connectivity index (χ2n) is 8.86. The molecule has 0 bridgehead atoms. The lowest BCUT2D eigenvalue weighted by Gasteiger charge is -2.32. The van der Waals surface area contributed by atoms with Gasteiger partial charge in [-0.15, -0.1) is 0 Å². The first kappa shape index (κ1) is 22.5. The summed E-state index contributed by atoms with van der Waals surface area (Å²) in [4.78, 5) is 23.8. The van der Waals surface area contributed by atoms with Crippen LogP contribution in [0.3, 0.4) is 0 Å². The minimum atomic E-state index is 0.132. The van der Waals surface area contributed by atoms with Gasteiger partial charge in [-0.2, -0.15) is 0 Å². The number of piperidine rings is 1. The van der Waals surface area contributed by atoms with Gasteiger partial charge in [-0.25, -0.2) is 9.97 Å². The molecular formula is C25H34N4O3. The average molecular weight is 439 g/mol. The summed E-state index contributed by atoms with van der Waals surface area (Å²) in [6, 6.07) is 10.1. The maximum absolute atomic E-state index is 12.5. The van der Waals surface area contributed by atoms with Crippen molar-refractivity contribution >= 4 is 11.7 Å². The number of nitrogens with zero attached hydrogens (tertiary/aromatic N) is 3. The minimum absolute atomic E-state index is 0.132. The van der Waals surface area contributed by atoms with Crippen LogP contribution in [-0.4, -0.2) is 53.7 Å². The lowest BCUT2D eigenvalue weighted by molar-refractivity contribution is -0.134. The van der Waals surface area contributed by atoms with Crippen molar-refractivity contribution < 1.29 is 14.3 Å². The van der Waals surface area contributed by atoms with Gasteiger partial charge in [-0.3, -0.25) is 4.79 Å². The van der Waals surface area contributed by atoms with E-state index in [1.54, 1.807) is 7.11 Å². The Bertz CT molecular complexity index is 906. The molecule has 172 valence electrons. The molecule has 1 aromatic heterocycles. The monoisotopic (exact) mass is 438 g/mol. The predicted octanol–water partition coefficient (Wildman–Crippen LogP) is 3.76. The van der Waals surface area contributed by atoms with Crippen molar-refractivity contribution in [2.24, 2.45) is 5.92 Å². The number of ether oxygens (including phenoxy) is 2. The highest BCUT2D eigenvalue weighted by atomic mass is 16.5. The zero-order valence-electron chi connectivity index (χ0n) is 19.2. The zero-order chi connectivity index (χ0) is 22.3. The van der Waals surface area contributed by atoms with Crippen molar-refractivity contribution in [3.05, 3.63) is 47.4 Å². The lowest BCUT2D eigenvalue weighted by Crippen LogP contribution is -2.40. The number of anilines is 1. The molecule has 2 aliphatic rings. The van der Waals surface area contributed by atoms with Crippen LogP contribution in [0.2, 0.25) is 0 Å². The third kappa shape index (κ3) is 6.19. The highest BCUT2D eigenvalue weighted by molar-refractivity contribution is 5.76. The molecule has 2 fully saturated rings. The van der Waals surface area contributed by atoms with Gasteiger partial charge >= 0.3 is 0 Å². The van der Waals surface area contributed by atoms with E-state index in [9.17, 15) is 4.79 Å². The first-order chi connectivity index (χ1) is 15.6. The maximum Gasteiger partial charge on any atom is 0.225 e. The van der Waals surface area contributed by atoms with Crippen LogP contribution in [-0.2, 0) is 22.5 Å². The van der Waals surface area contributed by atoms with Crippen LogP contribution in [0.1, 0.15) is 49.2 Å². The van der Waals surface area contributed by atoms with E-state index in [0.717, 1.165) is 80.4 Å². The Morgan fingerprint density at radius 3 is 2.81 bits per heavy atom. The van der Waals surface area contributed by atoms with Gasteiger partial charge in [0.25, 0.3) is 0 Å². The first-order valence-electron chi connectivity index (χ1n) is 11.7. The number of hydrogen-bond donors (Lipinski definition) is 1. The smallest absolute Gasteiger partial charge is 0.225 e. The van der Waals surface area contributed by atoms with Gasteiger partial charge in [0, 0.05) is 38.0 Å². The van der Waals surface area contributed by atoms with Crippen LogP contribution in [0.4, 0.5) is 5.82 Å². The molecule has 1 N–H and O–H groups in total. The van der Waals surface area contributed by atoms with Gasteiger partial charge in [0.1, 0.15) is 17.4 Å². The molecular weight excluding hydrogens is 404 g/mol. The molecule has 0 radical (unpaired) electrons. The number of hydrogen-bond acceptors (Lipinski definition) is 6. The molecule has 32 heavy (non-hydrogen) atoms. The molecule has 2 saturated heterocycles. The molecule has 7 nitrogen and oxygen atoms in total. The van der Waals surface area contributed by atoms with Gasteiger partial charge in [-0.05, 0) is 62.6 Å². The summed E-state index contributed by atoms with van der Waals surface area (Å²) in [6.07, 6.45) is 5.73. The molecule has 0 spiro atoms. The molecule has 3 heterocycles. The third-order valence-electron chi connectivity index (χ3n) is 6.39. The highest BCUT2D eigenvalue weighted by Gasteiger charge is 2.26. The minimum Gasteiger partial charge on any atom is -0.497 e. The van der Waals surface area contributed by atoms with E-state index in [4.69, 9.17) is 9.47 Å². The number of carbonyl (C=O) groups excluding carboxylic acids is 1. The van der Waals surface area contributed by atoms with Crippen molar-refractivity contribution in [2.45, 2.75) is 58.1 Å². The van der Waals surface area contributed by atoms with Gasteiger partial charge in [0.15, 0.2) is 0 Å². The standard InChI is InChI=1S/C25H34N4O3/c1-18-27-21(15-24(28-18)26-17-20-5-3-6-22(14-20)31-2)13-19-8-10-29(11-9-19)25(30)16-23-7-4-12-32-23/h3,5-6,14-15,19,23H,4,7-13,16-17H2,1-2H3,(H,26,27,28)/t23-/m1/s1. The average Bonchev–Trinajstić information content (AvgIpc) is 3.31. The summed E-state index contributed by atoms with van der Waals surface area (Å²) in [5.41, 5.74) is 2.21. The molecule has 0 saturated carbocycles. The summed E-state index contributed by atoms with van der Waals surface area (Å²) in [5, 5.41) is 3.42. The fourth-order valence-corrected chi connectivity index (χ4v) is 4.61. The Hall–Kier alpha value is -2.67. The van der Waals surface area contributed by atoms with Crippen LogP contribution < -0.4 is 10.1 Å². The van der Waals surface area contributed by atoms with Crippen LogP contribution in [0.15, 0.2) is 30.3 Å². The summed E-state index contributed by atoms with van der Waals surface area (Å²) < 4.78 is 10.9. The maximum atomic E-state index is 12.5. The summed E-state index contributed by atoms with van der Waals surface area (Å²) in [6.45, 7) is 5.09. The van der Waals surface area contributed by atoms with Crippen molar-refractivity contribution in [3.63, 3.8) is 0 Å². The number of benzene rings is 1. The van der Waals surface area contributed by atoms with Crippen molar-refractivity contribution in [3.8, 4) is 5.75 Å². The number of carbonyl (C=O) groups is 1. The number of amides is 1. The Morgan fingerprint density at radius 2 is 2.06 bits per heavy atom. The van der Waals surface area contributed by atoms with Gasteiger partial charge in [0.2, 0.25) is 5.91 Å². The number of nitrogens with one attached hydrogen (secondary N) is 1. The predicted molar refractivity (Wildman–Crippen MR) is 124 cm³/mol. The van der Waals surface area contributed by atoms with Gasteiger partial charge in [0.05, 0.1) is 19.6 Å². The van der Waals surface area contributed by atoms with E-state index < -0.39 is 0 Å². The van der Waals surface area contributed by atoms with E-state index in [2.05, 4.69) is 27.4 Å². The van der Waals surface area contributed by atoms with Crippen molar-refractivity contribution in [1.82, 2.24) is 14.9 Å². The van der Waals surface area contributed by atoms with E-state index in [1.807, 2.05) is 30.0 Å². The zero-order valence-corrected chi connectivity index (χ0v) is 19.2. The molecule has 2 aromatic rings. The fraction of sp³-hybridized carbons (Fsp3) is 0.560. The Kier molecular flexibility index (Phi) is 7.58. The quantitative estimate of drug-likeness (QED) is 0.676. The molecule has 7 heteroatoms. The second-order valence-corrected chi connectivity index (χ2v) is 8.86. The Balaban J connectivity index is 1.28. The van der Waals surface area contributed by atoms with Gasteiger partial charge in [-0.1, -0.05) is 12.1 Å². The SMILES string of the molecule is COc1cccc(CNc2cc(CC3CCN(C(=O)C[C@H]4CCCO4)CC3)nc(C)n2)c1. The van der Waals surface area contributed by atoms with Crippen LogP contribution in [0.25, 0.3) is 0 Å². The van der Waals surface area contributed by atoms with Crippen molar-refractivity contribution in [1.29, 1.82) is 0 Å². The summed E-state index contributed by atoms with van der Waals surface area (Å²) >= 11 is 0. The number of aromatic nitrogens is 2.